The molecule has 64 valence electrons. The number of aliphatic hydroxyl groups is 1. The van der Waals surface area contributed by atoms with Crippen molar-refractivity contribution in [2.75, 3.05) is 0 Å². The number of aliphatic hydroxyl groups excluding tert-OH is 1. The summed E-state index contributed by atoms with van der Waals surface area (Å²) in [5.74, 6) is 0.542. The number of hydrogen-bond donors (Lipinski definition) is 1. The van der Waals surface area contributed by atoms with Gasteiger partial charge in [-0.25, -0.2) is 0 Å². The van der Waals surface area contributed by atoms with Gasteiger partial charge in [-0.3, -0.25) is 0 Å². The van der Waals surface area contributed by atoms with E-state index in [1.165, 1.54) is 19.3 Å². The Balaban J connectivity index is 2.29. The van der Waals surface area contributed by atoms with Gasteiger partial charge >= 0.3 is 0 Å². The molecule has 0 unspecified atom stereocenters. The Morgan fingerprint density at radius 3 is 2.73 bits per heavy atom. The smallest absolute Gasteiger partial charge is 0.0571 e. The summed E-state index contributed by atoms with van der Waals surface area (Å²) in [7, 11) is 0. The predicted molar refractivity (Wildman–Crippen MR) is 47.4 cm³/mol. The summed E-state index contributed by atoms with van der Waals surface area (Å²) in [6.07, 6.45) is 10.0. The van der Waals surface area contributed by atoms with Crippen LogP contribution in [0.2, 0.25) is 0 Å². The fourth-order valence-corrected chi connectivity index (χ4v) is 1.77. The molecule has 0 aliphatic heterocycles. The second-order valence-electron chi connectivity index (χ2n) is 3.42. The number of rotatable bonds is 2. The fourth-order valence-electron chi connectivity index (χ4n) is 1.77. The first-order chi connectivity index (χ1) is 5.34. The molecular formula is C10H18O. The molecule has 0 heterocycles. The second-order valence-corrected chi connectivity index (χ2v) is 3.42. The van der Waals surface area contributed by atoms with Gasteiger partial charge in [0, 0.05) is 0 Å². The van der Waals surface area contributed by atoms with Crippen LogP contribution in [0, 0.1) is 5.92 Å². The quantitative estimate of drug-likeness (QED) is 0.606. The molecule has 1 nitrogen and oxygen atoms in total. The highest BCUT2D eigenvalue weighted by Gasteiger charge is 2.21. The first-order valence-corrected chi connectivity index (χ1v) is 4.64. The molecule has 0 spiro atoms. The number of hydrogen-bond acceptors (Lipinski definition) is 1. The Morgan fingerprint density at radius 1 is 1.36 bits per heavy atom. The number of allylic oxidation sites excluding steroid dienone is 2. The van der Waals surface area contributed by atoms with E-state index in [4.69, 9.17) is 0 Å². The molecule has 1 aliphatic rings. The van der Waals surface area contributed by atoms with Gasteiger partial charge in [0.15, 0.2) is 0 Å². The van der Waals surface area contributed by atoms with Crippen LogP contribution in [0.5, 0.6) is 0 Å². The molecule has 0 aromatic carbocycles. The molecule has 0 amide bonds. The highest BCUT2D eigenvalue weighted by atomic mass is 16.3. The lowest BCUT2D eigenvalue weighted by atomic mass is 9.84. The van der Waals surface area contributed by atoms with Crippen molar-refractivity contribution in [1.82, 2.24) is 0 Å². The van der Waals surface area contributed by atoms with Gasteiger partial charge in [0.2, 0.25) is 0 Å². The lowest BCUT2D eigenvalue weighted by Crippen LogP contribution is -2.23. The van der Waals surface area contributed by atoms with E-state index in [1.807, 2.05) is 6.92 Å². The minimum Gasteiger partial charge on any atom is -0.393 e. The van der Waals surface area contributed by atoms with E-state index in [1.54, 1.807) is 0 Å². The van der Waals surface area contributed by atoms with Crippen LogP contribution < -0.4 is 0 Å². The second kappa shape index (κ2) is 4.55. The van der Waals surface area contributed by atoms with Gasteiger partial charge in [0.1, 0.15) is 0 Å². The molecular weight excluding hydrogens is 136 g/mol. The third-order valence-corrected chi connectivity index (χ3v) is 2.54. The zero-order valence-electron chi connectivity index (χ0n) is 7.29. The van der Waals surface area contributed by atoms with Crippen LogP contribution in [-0.2, 0) is 0 Å². The van der Waals surface area contributed by atoms with E-state index >= 15 is 0 Å². The molecule has 11 heavy (non-hydrogen) atoms. The minimum absolute atomic E-state index is 0.0278. The van der Waals surface area contributed by atoms with E-state index in [0.717, 1.165) is 12.8 Å². The summed E-state index contributed by atoms with van der Waals surface area (Å²) in [6, 6.07) is 0. The van der Waals surface area contributed by atoms with Crippen LogP contribution in [0.3, 0.4) is 0 Å². The molecule has 1 fully saturated rings. The van der Waals surface area contributed by atoms with Crippen molar-refractivity contribution in [3.05, 3.63) is 12.2 Å². The van der Waals surface area contributed by atoms with Gasteiger partial charge in [-0.05, 0) is 32.1 Å². The SMILES string of the molecule is C/C=C/C[C@H]1CCCC[C@@H]1O. The van der Waals surface area contributed by atoms with E-state index in [9.17, 15) is 5.11 Å². The van der Waals surface area contributed by atoms with Gasteiger partial charge in [-0.15, -0.1) is 0 Å². The zero-order valence-corrected chi connectivity index (χ0v) is 7.29. The first kappa shape index (κ1) is 8.79. The average molecular weight is 154 g/mol. The molecule has 1 rings (SSSR count). The standard InChI is InChI=1S/C10H18O/c1-2-3-6-9-7-4-5-8-10(9)11/h2-3,9-11H,4-8H2,1H3/b3-2+/t9-,10-/m0/s1. The van der Waals surface area contributed by atoms with Gasteiger partial charge in [-0.2, -0.15) is 0 Å². The van der Waals surface area contributed by atoms with Crippen LogP contribution in [-0.4, -0.2) is 11.2 Å². The van der Waals surface area contributed by atoms with Crippen molar-refractivity contribution < 1.29 is 5.11 Å². The molecule has 1 saturated carbocycles. The lowest BCUT2D eigenvalue weighted by Gasteiger charge is -2.26. The first-order valence-electron chi connectivity index (χ1n) is 4.64. The Kier molecular flexibility index (Phi) is 3.64. The maximum Gasteiger partial charge on any atom is 0.0571 e. The van der Waals surface area contributed by atoms with Gasteiger partial charge < -0.3 is 5.11 Å². The molecule has 0 bridgehead atoms. The zero-order chi connectivity index (χ0) is 8.10. The van der Waals surface area contributed by atoms with Crippen molar-refractivity contribution >= 4 is 0 Å². The Labute approximate surface area is 69.1 Å². The third kappa shape index (κ3) is 2.66. The molecule has 2 atom stereocenters. The van der Waals surface area contributed by atoms with E-state index < -0.39 is 0 Å². The highest BCUT2D eigenvalue weighted by Crippen LogP contribution is 2.26. The molecule has 0 radical (unpaired) electrons. The van der Waals surface area contributed by atoms with Crippen LogP contribution >= 0.6 is 0 Å². The molecule has 0 aromatic rings. The van der Waals surface area contributed by atoms with Crippen molar-refractivity contribution in [2.45, 2.75) is 45.1 Å². The highest BCUT2D eigenvalue weighted by molar-refractivity contribution is 4.85. The van der Waals surface area contributed by atoms with Crippen LogP contribution in [0.15, 0.2) is 12.2 Å². The lowest BCUT2D eigenvalue weighted by molar-refractivity contribution is 0.0714. The van der Waals surface area contributed by atoms with E-state index in [2.05, 4.69) is 12.2 Å². The molecule has 1 N–H and O–H groups in total. The van der Waals surface area contributed by atoms with E-state index in [-0.39, 0.29) is 6.10 Å². The molecule has 0 aromatic heterocycles. The molecule has 1 aliphatic carbocycles. The summed E-state index contributed by atoms with van der Waals surface area (Å²) in [4.78, 5) is 0. The molecule has 0 saturated heterocycles. The fraction of sp³-hybridized carbons (Fsp3) is 0.800. The normalized spacial score (nSPS) is 32.9. The maximum absolute atomic E-state index is 9.56. The molecule has 1 heteroatoms. The maximum atomic E-state index is 9.56. The van der Waals surface area contributed by atoms with Gasteiger partial charge in [0.05, 0.1) is 6.10 Å². The third-order valence-electron chi connectivity index (χ3n) is 2.54. The van der Waals surface area contributed by atoms with Gasteiger partial charge in [0.25, 0.3) is 0 Å². The predicted octanol–water partition coefficient (Wildman–Crippen LogP) is 2.50. The summed E-state index contributed by atoms with van der Waals surface area (Å²) in [5, 5.41) is 9.56. The topological polar surface area (TPSA) is 20.2 Å². The van der Waals surface area contributed by atoms with Crippen molar-refractivity contribution in [3.63, 3.8) is 0 Å². The van der Waals surface area contributed by atoms with Crippen molar-refractivity contribution in [3.8, 4) is 0 Å². The Bertz CT molecular complexity index is 129. The minimum atomic E-state index is -0.0278. The monoisotopic (exact) mass is 154 g/mol. The summed E-state index contributed by atoms with van der Waals surface area (Å²) in [5.41, 5.74) is 0. The van der Waals surface area contributed by atoms with Crippen molar-refractivity contribution in [2.24, 2.45) is 5.92 Å². The average Bonchev–Trinajstić information content (AvgIpc) is 2.03. The summed E-state index contributed by atoms with van der Waals surface area (Å²) < 4.78 is 0. The Morgan fingerprint density at radius 2 is 2.09 bits per heavy atom. The summed E-state index contributed by atoms with van der Waals surface area (Å²) in [6.45, 7) is 2.04. The van der Waals surface area contributed by atoms with E-state index in [0.29, 0.717) is 5.92 Å². The van der Waals surface area contributed by atoms with Gasteiger partial charge in [-0.1, -0.05) is 25.0 Å². The van der Waals surface area contributed by atoms with Crippen LogP contribution in [0.1, 0.15) is 39.0 Å². The van der Waals surface area contributed by atoms with Crippen molar-refractivity contribution in [1.29, 1.82) is 0 Å². The Hall–Kier alpha value is -0.300. The largest absolute Gasteiger partial charge is 0.393 e. The van der Waals surface area contributed by atoms with Crippen LogP contribution in [0.25, 0.3) is 0 Å². The summed E-state index contributed by atoms with van der Waals surface area (Å²) >= 11 is 0. The van der Waals surface area contributed by atoms with Crippen LogP contribution in [0.4, 0.5) is 0 Å².